The molecule has 4 aromatic rings. The highest BCUT2D eigenvalue weighted by molar-refractivity contribution is 7.09. The fraction of sp³-hybridized carbons (Fsp3) is 0.174. The van der Waals surface area contributed by atoms with Gasteiger partial charge >= 0.3 is 0 Å². The van der Waals surface area contributed by atoms with E-state index in [0.29, 0.717) is 18.1 Å². The van der Waals surface area contributed by atoms with Gasteiger partial charge in [0.2, 0.25) is 5.95 Å². The standard InChI is InChI=1S/C23H21N5OS/c29-22(17-9-4-8-16-13-30-14-19(16)17)28-23-26-20-18(10-5-11-24-20)21(27-23)25-12-15-6-2-1-3-7-15/h1-4,6-9,13-14H,5,10-12H2,(H3,24,25,26,27,28,29). The van der Waals surface area contributed by atoms with Crippen LogP contribution in [0, 0.1) is 0 Å². The van der Waals surface area contributed by atoms with E-state index in [-0.39, 0.29) is 5.91 Å². The van der Waals surface area contributed by atoms with Crippen molar-refractivity contribution in [1.82, 2.24) is 9.97 Å². The molecule has 0 aliphatic carbocycles. The monoisotopic (exact) mass is 415 g/mol. The number of carbonyl (C=O) groups excluding carboxylic acids is 1. The molecule has 2 aromatic carbocycles. The van der Waals surface area contributed by atoms with Gasteiger partial charge in [-0.3, -0.25) is 10.1 Å². The number of rotatable bonds is 5. The maximum Gasteiger partial charge on any atom is 0.258 e. The molecule has 2 aromatic heterocycles. The minimum atomic E-state index is -0.205. The maximum atomic E-state index is 13.0. The number of carbonyl (C=O) groups is 1. The van der Waals surface area contributed by atoms with Gasteiger partial charge in [-0.15, -0.1) is 0 Å². The normalized spacial score (nSPS) is 12.8. The number of amides is 1. The van der Waals surface area contributed by atoms with Crippen LogP contribution < -0.4 is 16.0 Å². The van der Waals surface area contributed by atoms with Gasteiger partial charge in [0.25, 0.3) is 5.91 Å². The smallest absolute Gasteiger partial charge is 0.258 e. The molecule has 0 unspecified atom stereocenters. The van der Waals surface area contributed by atoms with E-state index in [1.54, 1.807) is 11.3 Å². The third kappa shape index (κ3) is 3.71. The number of nitrogens with zero attached hydrogens (tertiary/aromatic N) is 2. The van der Waals surface area contributed by atoms with Crippen LogP contribution >= 0.6 is 11.3 Å². The lowest BCUT2D eigenvalue weighted by Crippen LogP contribution is -2.20. The Labute approximate surface area is 178 Å². The van der Waals surface area contributed by atoms with Gasteiger partial charge < -0.3 is 10.6 Å². The first kappa shape index (κ1) is 18.6. The van der Waals surface area contributed by atoms with Crippen LogP contribution in [0.15, 0.2) is 59.3 Å². The third-order valence-corrected chi connectivity index (χ3v) is 5.96. The van der Waals surface area contributed by atoms with Crippen LogP contribution in [0.1, 0.15) is 27.9 Å². The van der Waals surface area contributed by atoms with Gasteiger partial charge in [0.15, 0.2) is 0 Å². The van der Waals surface area contributed by atoms with Crippen molar-refractivity contribution >= 4 is 45.6 Å². The summed E-state index contributed by atoms with van der Waals surface area (Å²) in [6.45, 7) is 1.52. The second-order valence-electron chi connectivity index (χ2n) is 7.23. The van der Waals surface area contributed by atoms with Crippen LogP contribution in [0.25, 0.3) is 10.8 Å². The molecule has 0 radical (unpaired) electrons. The molecular weight excluding hydrogens is 394 g/mol. The summed E-state index contributed by atoms with van der Waals surface area (Å²) >= 11 is 1.59. The molecule has 30 heavy (non-hydrogen) atoms. The molecule has 1 aliphatic rings. The second-order valence-corrected chi connectivity index (χ2v) is 7.97. The van der Waals surface area contributed by atoms with Crippen molar-refractivity contribution in [2.45, 2.75) is 19.4 Å². The Kier molecular flexibility index (Phi) is 5.03. The van der Waals surface area contributed by atoms with Gasteiger partial charge in [0.05, 0.1) is 0 Å². The Morgan fingerprint density at radius 2 is 1.97 bits per heavy atom. The fourth-order valence-electron chi connectivity index (χ4n) is 3.68. The first-order valence-electron chi connectivity index (χ1n) is 9.97. The molecule has 0 atom stereocenters. The molecule has 5 rings (SSSR count). The van der Waals surface area contributed by atoms with Gasteiger partial charge in [0, 0.05) is 29.6 Å². The van der Waals surface area contributed by atoms with Crippen molar-refractivity contribution in [3.05, 3.63) is 76.0 Å². The summed E-state index contributed by atoms with van der Waals surface area (Å²) in [6, 6.07) is 15.9. The highest BCUT2D eigenvalue weighted by Crippen LogP contribution is 2.29. The second kappa shape index (κ2) is 8.12. The Morgan fingerprint density at radius 3 is 2.87 bits per heavy atom. The molecule has 3 N–H and O–H groups in total. The summed E-state index contributed by atoms with van der Waals surface area (Å²) in [7, 11) is 0. The maximum absolute atomic E-state index is 13.0. The van der Waals surface area contributed by atoms with E-state index in [1.807, 2.05) is 47.2 Å². The minimum absolute atomic E-state index is 0.205. The number of fused-ring (bicyclic) bond motifs is 2. The van der Waals surface area contributed by atoms with Crippen molar-refractivity contribution in [3.63, 3.8) is 0 Å². The summed E-state index contributed by atoms with van der Waals surface area (Å²) in [6.07, 6.45) is 1.93. The number of aromatic nitrogens is 2. The molecule has 0 spiro atoms. The zero-order valence-corrected chi connectivity index (χ0v) is 17.1. The molecule has 6 nitrogen and oxygen atoms in total. The number of benzene rings is 2. The molecule has 0 bridgehead atoms. The zero-order chi connectivity index (χ0) is 20.3. The Morgan fingerprint density at radius 1 is 1.07 bits per heavy atom. The first-order valence-corrected chi connectivity index (χ1v) is 10.9. The molecule has 0 saturated carbocycles. The van der Waals surface area contributed by atoms with E-state index < -0.39 is 0 Å². The van der Waals surface area contributed by atoms with E-state index >= 15 is 0 Å². The quantitative estimate of drug-likeness (QED) is 0.431. The Hall–Kier alpha value is -3.45. The van der Waals surface area contributed by atoms with E-state index in [9.17, 15) is 4.79 Å². The van der Waals surface area contributed by atoms with Crippen LogP contribution in [0.2, 0.25) is 0 Å². The average molecular weight is 416 g/mol. The molecule has 3 heterocycles. The Balaban J connectivity index is 1.43. The number of hydrogen-bond acceptors (Lipinski definition) is 6. The van der Waals surface area contributed by atoms with Crippen LogP contribution in [-0.4, -0.2) is 22.4 Å². The summed E-state index contributed by atoms with van der Waals surface area (Å²) in [4.78, 5) is 22.2. The SMILES string of the molecule is O=C(Nc1nc2c(c(NCc3ccccc3)n1)CCCN2)c1cccc2cscc12. The van der Waals surface area contributed by atoms with Gasteiger partial charge in [-0.05, 0) is 40.6 Å². The molecule has 0 fully saturated rings. The fourth-order valence-corrected chi connectivity index (χ4v) is 4.50. The number of nitrogens with one attached hydrogen (secondary N) is 3. The van der Waals surface area contributed by atoms with Gasteiger partial charge in [-0.2, -0.15) is 21.3 Å². The van der Waals surface area contributed by atoms with E-state index in [1.165, 1.54) is 5.56 Å². The Bertz CT molecular complexity index is 1200. The predicted octanol–water partition coefficient (Wildman–Crippen LogP) is 4.91. The summed E-state index contributed by atoms with van der Waals surface area (Å²) in [5.41, 5.74) is 2.86. The van der Waals surface area contributed by atoms with Crippen molar-refractivity contribution in [3.8, 4) is 0 Å². The lowest BCUT2D eigenvalue weighted by molar-refractivity contribution is 0.102. The highest BCUT2D eigenvalue weighted by Gasteiger charge is 2.19. The molecule has 0 saturated heterocycles. The lowest BCUT2D eigenvalue weighted by Gasteiger charge is -2.21. The number of anilines is 3. The van der Waals surface area contributed by atoms with Crippen LogP contribution in [0.5, 0.6) is 0 Å². The molecule has 1 amide bonds. The van der Waals surface area contributed by atoms with Crippen molar-refractivity contribution in [2.24, 2.45) is 0 Å². The zero-order valence-electron chi connectivity index (χ0n) is 16.3. The number of thiophene rings is 1. The lowest BCUT2D eigenvalue weighted by atomic mass is 10.1. The van der Waals surface area contributed by atoms with E-state index in [4.69, 9.17) is 0 Å². The van der Waals surface area contributed by atoms with Gasteiger partial charge in [-0.25, -0.2) is 0 Å². The van der Waals surface area contributed by atoms with Crippen molar-refractivity contribution < 1.29 is 4.79 Å². The predicted molar refractivity (Wildman–Crippen MR) is 122 cm³/mol. The average Bonchev–Trinajstić information content (AvgIpc) is 3.27. The highest BCUT2D eigenvalue weighted by atomic mass is 32.1. The topological polar surface area (TPSA) is 78.9 Å². The van der Waals surface area contributed by atoms with Gasteiger partial charge in [0.1, 0.15) is 11.6 Å². The molecule has 150 valence electrons. The largest absolute Gasteiger partial charge is 0.370 e. The first-order chi connectivity index (χ1) is 14.8. The van der Waals surface area contributed by atoms with E-state index in [2.05, 4.69) is 38.1 Å². The van der Waals surface area contributed by atoms with Gasteiger partial charge in [-0.1, -0.05) is 42.5 Å². The summed E-state index contributed by atoms with van der Waals surface area (Å²) < 4.78 is 0. The van der Waals surface area contributed by atoms with Crippen LogP contribution in [0.4, 0.5) is 17.6 Å². The molecule has 7 heteroatoms. The van der Waals surface area contributed by atoms with Crippen molar-refractivity contribution in [2.75, 3.05) is 22.5 Å². The summed E-state index contributed by atoms with van der Waals surface area (Å²) in [5.74, 6) is 1.65. The molecular formula is C23H21N5OS. The minimum Gasteiger partial charge on any atom is -0.370 e. The molecule has 1 aliphatic heterocycles. The van der Waals surface area contributed by atoms with E-state index in [0.717, 1.165) is 47.4 Å². The van der Waals surface area contributed by atoms with Crippen LogP contribution in [-0.2, 0) is 13.0 Å². The van der Waals surface area contributed by atoms with Crippen molar-refractivity contribution in [1.29, 1.82) is 0 Å². The third-order valence-electron chi connectivity index (χ3n) is 5.20. The summed E-state index contributed by atoms with van der Waals surface area (Å²) in [5, 5.41) is 15.7. The number of hydrogen-bond donors (Lipinski definition) is 3. The van der Waals surface area contributed by atoms with Crippen LogP contribution in [0.3, 0.4) is 0 Å².